The zero-order chi connectivity index (χ0) is 15.2. The number of hydrogen-bond donors (Lipinski definition) is 2. The highest BCUT2D eigenvalue weighted by molar-refractivity contribution is 9.10. The summed E-state index contributed by atoms with van der Waals surface area (Å²) < 4.78 is 36.6. The van der Waals surface area contributed by atoms with Crippen LogP contribution in [0.1, 0.15) is 6.42 Å². The van der Waals surface area contributed by atoms with Crippen molar-refractivity contribution in [1.82, 2.24) is 4.98 Å². The average molecular weight is 376 g/mol. The fourth-order valence-electron chi connectivity index (χ4n) is 2.30. The molecule has 1 atom stereocenters. The highest BCUT2D eigenvalue weighted by Crippen LogP contribution is 2.39. The number of azo groups is 1. The van der Waals surface area contributed by atoms with Crippen LogP contribution in [0.4, 0.5) is 10.1 Å². The Balaban J connectivity index is 1.99. The summed E-state index contributed by atoms with van der Waals surface area (Å²) in [5, 5.41) is 18.1. The van der Waals surface area contributed by atoms with Gasteiger partial charge in [-0.05, 0) is 34.5 Å². The van der Waals surface area contributed by atoms with E-state index in [0.717, 1.165) is 0 Å². The lowest BCUT2D eigenvalue weighted by Crippen LogP contribution is -2.06. The number of H-pyrrole nitrogens is 1. The molecule has 1 unspecified atom stereocenters. The molecule has 0 spiro atoms. The van der Waals surface area contributed by atoms with Gasteiger partial charge in [-0.2, -0.15) is 5.11 Å². The van der Waals surface area contributed by atoms with Gasteiger partial charge in [-0.3, -0.25) is 0 Å². The van der Waals surface area contributed by atoms with Crippen LogP contribution in [-0.2, 0) is 9.84 Å². The molecule has 2 N–H and O–H groups in total. The quantitative estimate of drug-likeness (QED) is 0.789. The molecular formula is C12H11BrFN3O3S. The Morgan fingerprint density at radius 3 is 2.86 bits per heavy atom. The Hall–Kier alpha value is -1.48. The van der Waals surface area contributed by atoms with Crippen LogP contribution in [0.3, 0.4) is 0 Å². The van der Waals surface area contributed by atoms with Gasteiger partial charge in [0.1, 0.15) is 5.82 Å². The minimum atomic E-state index is -3.04. The Morgan fingerprint density at radius 1 is 1.43 bits per heavy atom. The summed E-state index contributed by atoms with van der Waals surface area (Å²) in [7, 11) is -3.04. The zero-order valence-corrected chi connectivity index (χ0v) is 13.1. The van der Waals surface area contributed by atoms with E-state index < -0.39 is 21.7 Å². The van der Waals surface area contributed by atoms with Crippen molar-refractivity contribution in [1.29, 1.82) is 0 Å². The predicted octanol–water partition coefficient (Wildman–Crippen LogP) is 3.05. The van der Waals surface area contributed by atoms with E-state index in [1.54, 1.807) is 0 Å². The minimum absolute atomic E-state index is 0.0440. The first kappa shape index (κ1) is 14.5. The highest BCUT2D eigenvalue weighted by Gasteiger charge is 2.28. The Labute approximate surface area is 128 Å². The zero-order valence-electron chi connectivity index (χ0n) is 10.7. The van der Waals surface area contributed by atoms with Crippen molar-refractivity contribution in [3.63, 3.8) is 0 Å². The molecular weight excluding hydrogens is 365 g/mol. The lowest BCUT2D eigenvalue weighted by Gasteiger charge is -1.98. The van der Waals surface area contributed by atoms with Gasteiger partial charge in [-0.1, -0.05) is 0 Å². The molecule has 6 nitrogen and oxygen atoms in total. The lowest BCUT2D eigenvalue weighted by atomic mass is 10.2. The molecule has 0 aliphatic carbocycles. The smallest absolute Gasteiger partial charge is 0.218 e. The summed E-state index contributed by atoms with van der Waals surface area (Å²) in [6.07, 6.45) is 0.410. The topological polar surface area (TPSA) is 94.9 Å². The second-order valence-electron chi connectivity index (χ2n) is 4.90. The second-order valence-corrected chi connectivity index (χ2v) is 7.99. The summed E-state index contributed by atoms with van der Waals surface area (Å²) in [5.74, 6) is -0.664. The molecule has 0 saturated carbocycles. The van der Waals surface area contributed by atoms with Gasteiger partial charge in [-0.15, -0.1) is 5.11 Å². The summed E-state index contributed by atoms with van der Waals surface area (Å²) >= 11 is 3.19. The van der Waals surface area contributed by atoms with Crippen molar-refractivity contribution in [2.24, 2.45) is 10.2 Å². The second kappa shape index (κ2) is 5.06. The summed E-state index contributed by atoms with van der Waals surface area (Å²) in [6.45, 7) is 0. The number of aromatic nitrogens is 1. The normalized spacial score (nSPS) is 21.5. The fraction of sp³-hybridized carbons (Fsp3) is 0.333. The van der Waals surface area contributed by atoms with E-state index >= 15 is 0 Å². The summed E-state index contributed by atoms with van der Waals surface area (Å²) in [4.78, 5) is 2.68. The summed E-state index contributed by atoms with van der Waals surface area (Å²) in [5.41, 5.74) is 0.608. The Bertz CT molecular complexity index is 847. The number of benzene rings is 1. The fourth-order valence-corrected chi connectivity index (χ4v) is 4.45. The van der Waals surface area contributed by atoms with Gasteiger partial charge in [0, 0.05) is 9.86 Å². The van der Waals surface area contributed by atoms with E-state index in [1.165, 1.54) is 12.1 Å². The third kappa shape index (κ3) is 2.80. The number of aromatic hydroxyl groups is 1. The van der Waals surface area contributed by atoms with E-state index in [-0.39, 0.29) is 23.1 Å². The number of rotatable bonds is 2. The van der Waals surface area contributed by atoms with Gasteiger partial charge >= 0.3 is 0 Å². The third-order valence-corrected chi connectivity index (χ3v) is 5.68. The number of sulfone groups is 1. The molecule has 1 aromatic heterocycles. The maximum atomic E-state index is 13.5. The first-order chi connectivity index (χ1) is 9.85. The van der Waals surface area contributed by atoms with Crippen LogP contribution in [0.25, 0.3) is 10.9 Å². The van der Waals surface area contributed by atoms with Crippen molar-refractivity contribution in [3.8, 4) is 5.88 Å². The van der Waals surface area contributed by atoms with Crippen LogP contribution < -0.4 is 0 Å². The number of halogens is 2. The molecule has 1 aliphatic rings. The van der Waals surface area contributed by atoms with E-state index in [9.17, 15) is 17.9 Å². The molecule has 1 aromatic carbocycles. The highest BCUT2D eigenvalue weighted by atomic mass is 79.9. The molecule has 1 fully saturated rings. The van der Waals surface area contributed by atoms with E-state index in [0.29, 0.717) is 21.8 Å². The largest absolute Gasteiger partial charge is 0.493 e. The molecule has 2 heterocycles. The van der Waals surface area contributed by atoms with Crippen molar-refractivity contribution < 1.29 is 17.9 Å². The molecule has 0 radical (unpaired) electrons. The van der Waals surface area contributed by atoms with Crippen molar-refractivity contribution in [2.45, 2.75) is 12.5 Å². The maximum Gasteiger partial charge on any atom is 0.218 e. The number of hydrogen-bond acceptors (Lipinski definition) is 5. The van der Waals surface area contributed by atoms with E-state index in [2.05, 4.69) is 31.1 Å². The third-order valence-electron chi connectivity index (χ3n) is 3.31. The van der Waals surface area contributed by atoms with Crippen molar-refractivity contribution >= 4 is 42.4 Å². The first-order valence-corrected chi connectivity index (χ1v) is 8.78. The number of nitrogens with zero attached hydrogens (tertiary/aromatic N) is 2. The van der Waals surface area contributed by atoms with Gasteiger partial charge in [0.25, 0.3) is 0 Å². The Kier molecular flexibility index (Phi) is 3.48. The van der Waals surface area contributed by atoms with Gasteiger partial charge in [0.15, 0.2) is 15.5 Å². The molecule has 2 aromatic rings. The van der Waals surface area contributed by atoms with Gasteiger partial charge in [-0.25, -0.2) is 12.8 Å². The van der Waals surface area contributed by atoms with Crippen molar-refractivity contribution in [2.75, 3.05) is 11.5 Å². The predicted molar refractivity (Wildman–Crippen MR) is 79.2 cm³/mol. The standard InChI is InChI=1S/C12H11BrFN3O3S/c13-9-4-6(14)3-8-10(9)15-12(18)11(8)17-16-7-1-2-21(19,20)5-7/h3-4,7,15,18H,1-2,5H2. The molecule has 9 heteroatoms. The van der Waals surface area contributed by atoms with Crippen LogP contribution in [0.2, 0.25) is 0 Å². The maximum absolute atomic E-state index is 13.5. The van der Waals surface area contributed by atoms with Gasteiger partial charge < -0.3 is 10.1 Å². The van der Waals surface area contributed by atoms with E-state index in [4.69, 9.17) is 0 Å². The van der Waals surface area contributed by atoms with Gasteiger partial charge in [0.2, 0.25) is 5.88 Å². The minimum Gasteiger partial charge on any atom is -0.493 e. The first-order valence-electron chi connectivity index (χ1n) is 6.17. The summed E-state index contributed by atoms with van der Waals surface area (Å²) in [6, 6.07) is 2.08. The van der Waals surface area contributed by atoms with Crippen LogP contribution in [0, 0.1) is 5.82 Å². The number of aromatic amines is 1. The average Bonchev–Trinajstić information content (AvgIpc) is 2.87. The molecule has 1 saturated heterocycles. The molecule has 1 aliphatic heterocycles. The molecule has 3 rings (SSSR count). The number of nitrogens with one attached hydrogen (secondary N) is 1. The number of fused-ring (bicyclic) bond motifs is 1. The molecule has 21 heavy (non-hydrogen) atoms. The molecule has 0 bridgehead atoms. The van der Waals surface area contributed by atoms with Crippen LogP contribution in [0.5, 0.6) is 5.88 Å². The van der Waals surface area contributed by atoms with E-state index in [1.807, 2.05) is 0 Å². The molecule has 112 valence electrons. The van der Waals surface area contributed by atoms with Crippen molar-refractivity contribution in [3.05, 3.63) is 22.4 Å². The SMILES string of the molecule is O=S1(=O)CCC(N=Nc2c(O)[nH]c3c(Br)cc(F)cc23)C1. The van der Waals surface area contributed by atoms with Crippen LogP contribution in [-0.4, -0.2) is 36.1 Å². The lowest BCUT2D eigenvalue weighted by molar-refractivity contribution is 0.459. The monoisotopic (exact) mass is 375 g/mol. The van der Waals surface area contributed by atoms with Gasteiger partial charge in [0.05, 0.1) is 23.1 Å². The Morgan fingerprint density at radius 2 is 2.19 bits per heavy atom. The van der Waals surface area contributed by atoms with Crippen LogP contribution >= 0.6 is 15.9 Å². The molecule has 0 amide bonds. The van der Waals surface area contributed by atoms with Crippen LogP contribution in [0.15, 0.2) is 26.8 Å².